The summed E-state index contributed by atoms with van der Waals surface area (Å²) < 4.78 is 6.11. The first-order valence-electron chi connectivity index (χ1n) is 11.1. The maximum Gasteiger partial charge on any atom is 0.321 e. The number of anilines is 1. The quantitative estimate of drug-likeness (QED) is 0.808. The number of piperidine rings is 1. The lowest BCUT2D eigenvalue weighted by molar-refractivity contribution is 0.0715. The minimum absolute atomic E-state index is 0.0229. The molecule has 0 spiro atoms. The van der Waals surface area contributed by atoms with Crippen LogP contribution in [0.3, 0.4) is 0 Å². The van der Waals surface area contributed by atoms with E-state index in [-0.39, 0.29) is 18.0 Å². The predicted octanol–water partition coefficient (Wildman–Crippen LogP) is 4.01. The Bertz CT molecular complexity index is 956. The van der Waals surface area contributed by atoms with Gasteiger partial charge in [-0.2, -0.15) is 0 Å². The number of rotatable bonds is 4. The van der Waals surface area contributed by atoms with Crippen LogP contribution in [0.5, 0.6) is 5.88 Å². The number of nitrogens with one attached hydrogen (secondary N) is 1. The number of aryl methyl sites for hydroxylation is 2. The number of carbonyl (C=O) groups excluding carboxylic acids is 2. The second kappa shape index (κ2) is 9.37. The SMILES string of the molecule is Cc1ccc(C)c(NC(=O)N2CCC(Oc3ncccc3C(=O)N3CCCCC3)C2)c1. The van der Waals surface area contributed by atoms with E-state index in [2.05, 4.69) is 10.3 Å². The van der Waals surface area contributed by atoms with Crippen molar-refractivity contribution < 1.29 is 14.3 Å². The van der Waals surface area contributed by atoms with Gasteiger partial charge in [-0.1, -0.05) is 12.1 Å². The number of carbonyl (C=O) groups is 2. The summed E-state index contributed by atoms with van der Waals surface area (Å²) in [6.07, 6.45) is 5.40. The first-order valence-corrected chi connectivity index (χ1v) is 11.1. The molecule has 4 rings (SSSR count). The molecule has 3 amide bonds. The third-order valence-electron chi connectivity index (χ3n) is 5.99. The molecule has 2 aromatic rings. The van der Waals surface area contributed by atoms with Gasteiger partial charge in [-0.15, -0.1) is 0 Å². The van der Waals surface area contributed by atoms with Crippen LogP contribution in [0.1, 0.15) is 47.2 Å². The fraction of sp³-hybridized carbons (Fsp3) is 0.458. The van der Waals surface area contributed by atoms with Crippen LogP contribution in [0.4, 0.5) is 10.5 Å². The van der Waals surface area contributed by atoms with Crippen molar-refractivity contribution in [1.82, 2.24) is 14.8 Å². The second-order valence-corrected chi connectivity index (χ2v) is 8.43. The standard InChI is InChI=1S/C24H30N4O3/c1-17-8-9-18(2)21(15-17)26-24(30)28-14-10-19(16-28)31-22-20(7-6-11-25-22)23(29)27-12-4-3-5-13-27/h6-9,11,15,19H,3-5,10,12-14,16H2,1-2H3,(H,26,30). The van der Waals surface area contributed by atoms with Gasteiger partial charge >= 0.3 is 6.03 Å². The number of hydrogen-bond acceptors (Lipinski definition) is 4. The Morgan fingerprint density at radius 1 is 1.06 bits per heavy atom. The summed E-state index contributed by atoms with van der Waals surface area (Å²) in [5.74, 6) is 0.338. The van der Waals surface area contributed by atoms with Crippen LogP contribution in [-0.2, 0) is 0 Å². The lowest BCUT2D eigenvalue weighted by Crippen LogP contribution is -2.36. The zero-order valence-electron chi connectivity index (χ0n) is 18.3. The van der Waals surface area contributed by atoms with E-state index < -0.39 is 0 Å². The van der Waals surface area contributed by atoms with E-state index in [0.29, 0.717) is 31.0 Å². The number of nitrogens with zero attached hydrogens (tertiary/aromatic N) is 3. The molecule has 0 saturated carbocycles. The van der Waals surface area contributed by atoms with Gasteiger partial charge in [0.2, 0.25) is 5.88 Å². The van der Waals surface area contributed by atoms with Crippen LogP contribution in [0.25, 0.3) is 0 Å². The highest BCUT2D eigenvalue weighted by molar-refractivity contribution is 5.96. The van der Waals surface area contributed by atoms with Crippen LogP contribution in [-0.4, -0.2) is 59.0 Å². The highest BCUT2D eigenvalue weighted by Crippen LogP contribution is 2.24. The number of aromatic nitrogens is 1. The molecule has 0 bridgehead atoms. The molecule has 164 valence electrons. The Hall–Kier alpha value is -3.09. The van der Waals surface area contributed by atoms with E-state index in [1.165, 1.54) is 6.42 Å². The van der Waals surface area contributed by atoms with Crippen molar-refractivity contribution in [2.24, 2.45) is 0 Å². The number of amides is 3. The summed E-state index contributed by atoms with van der Waals surface area (Å²) in [5.41, 5.74) is 3.46. The van der Waals surface area contributed by atoms with Gasteiger partial charge in [0, 0.05) is 37.9 Å². The van der Waals surface area contributed by atoms with E-state index >= 15 is 0 Å². The molecule has 0 aliphatic carbocycles. The van der Waals surface area contributed by atoms with Gasteiger partial charge in [-0.3, -0.25) is 4.79 Å². The van der Waals surface area contributed by atoms with Crippen molar-refractivity contribution in [2.45, 2.75) is 45.6 Å². The normalized spacial score (nSPS) is 18.7. The van der Waals surface area contributed by atoms with Gasteiger partial charge in [0.25, 0.3) is 5.91 Å². The Balaban J connectivity index is 1.39. The number of hydrogen-bond donors (Lipinski definition) is 1. The van der Waals surface area contributed by atoms with E-state index in [4.69, 9.17) is 4.74 Å². The third kappa shape index (κ3) is 4.98. The highest BCUT2D eigenvalue weighted by atomic mass is 16.5. The molecule has 2 aliphatic heterocycles. The van der Waals surface area contributed by atoms with Crippen LogP contribution in [0.2, 0.25) is 0 Å². The average Bonchev–Trinajstić information content (AvgIpc) is 3.25. The van der Waals surface area contributed by atoms with Crippen LogP contribution < -0.4 is 10.1 Å². The third-order valence-corrected chi connectivity index (χ3v) is 5.99. The Kier molecular flexibility index (Phi) is 6.39. The lowest BCUT2D eigenvalue weighted by atomic mass is 10.1. The highest BCUT2D eigenvalue weighted by Gasteiger charge is 2.30. The molecule has 31 heavy (non-hydrogen) atoms. The molecule has 0 radical (unpaired) electrons. The summed E-state index contributed by atoms with van der Waals surface area (Å²) in [6.45, 7) is 6.61. The second-order valence-electron chi connectivity index (χ2n) is 8.43. The predicted molar refractivity (Wildman–Crippen MR) is 120 cm³/mol. The van der Waals surface area contributed by atoms with Gasteiger partial charge < -0.3 is 19.9 Å². The Morgan fingerprint density at radius 3 is 2.68 bits per heavy atom. The molecule has 2 fully saturated rings. The molecule has 7 nitrogen and oxygen atoms in total. The van der Waals surface area contributed by atoms with Gasteiger partial charge in [0.15, 0.2) is 0 Å². The molecule has 7 heteroatoms. The first kappa shape index (κ1) is 21.2. The fourth-order valence-electron chi connectivity index (χ4n) is 4.15. The Morgan fingerprint density at radius 2 is 1.87 bits per heavy atom. The van der Waals surface area contributed by atoms with Crippen molar-refractivity contribution >= 4 is 17.6 Å². The van der Waals surface area contributed by atoms with Crippen molar-refractivity contribution in [3.8, 4) is 5.88 Å². The molecule has 1 atom stereocenters. The number of ether oxygens (including phenoxy) is 1. The maximum absolute atomic E-state index is 13.0. The molecular formula is C24H30N4O3. The smallest absolute Gasteiger partial charge is 0.321 e. The Labute approximate surface area is 183 Å². The van der Waals surface area contributed by atoms with E-state index in [1.807, 2.05) is 36.9 Å². The fourth-order valence-corrected chi connectivity index (χ4v) is 4.15. The summed E-state index contributed by atoms with van der Waals surface area (Å²) in [7, 11) is 0. The summed E-state index contributed by atoms with van der Waals surface area (Å²) in [6, 6.07) is 9.42. The van der Waals surface area contributed by atoms with Gasteiger partial charge in [0.1, 0.15) is 11.7 Å². The monoisotopic (exact) mass is 422 g/mol. The maximum atomic E-state index is 13.0. The molecule has 1 N–H and O–H groups in total. The van der Waals surface area contributed by atoms with E-state index in [0.717, 1.165) is 42.7 Å². The van der Waals surface area contributed by atoms with Crippen LogP contribution in [0.15, 0.2) is 36.5 Å². The zero-order chi connectivity index (χ0) is 21.8. The number of urea groups is 1. The van der Waals surface area contributed by atoms with Crippen molar-refractivity contribution in [3.05, 3.63) is 53.2 Å². The van der Waals surface area contributed by atoms with Crippen molar-refractivity contribution in [1.29, 1.82) is 0 Å². The topological polar surface area (TPSA) is 74.8 Å². The summed E-state index contributed by atoms with van der Waals surface area (Å²) in [5, 5.41) is 3.01. The van der Waals surface area contributed by atoms with Gasteiger partial charge in [-0.05, 0) is 62.4 Å². The zero-order valence-corrected chi connectivity index (χ0v) is 18.3. The minimum atomic E-state index is -0.188. The lowest BCUT2D eigenvalue weighted by Gasteiger charge is -2.27. The van der Waals surface area contributed by atoms with Crippen LogP contribution >= 0.6 is 0 Å². The van der Waals surface area contributed by atoms with E-state index in [9.17, 15) is 9.59 Å². The van der Waals surface area contributed by atoms with Gasteiger partial charge in [-0.25, -0.2) is 9.78 Å². The average molecular weight is 423 g/mol. The van der Waals surface area contributed by atoms with Crippen molar-refractivity contribution in [2.75, 3.05) is 31.5 Å². The van der Waals surface area contributed by atoms with E-state index in [1.54, 1.807) is 23.2 Å². The largest absolute Gasteiger partial charge is 0.472 e. The molecular weight excluding hydrogens is 392 g/mol. The molecule has 1 unspecified atom stereocenters. The van der Waals surface area contributed by atoms with Crippen molar-refractivity contribution in [3.63, 3.8) is 0 Å². The molecule has 1 aromatic heterocycles. The van der Waals surface area contributed by atoms with Crippen LogP contribution in [0, 0.1) is 13.8 Å². The number of benzene rings is 1. The molecule has 2 aliphatic rings. The minimum Gasteiger partial charge on any atom is -0.472 e. The number of pyridine rings is 1. The summed E-state index contributed by atoms with van der Waals surface area (Å²) >= 11 is 0. The van der Waals surface area contributed by atoms with Gasteiger partial charge in [0.05, 0.1) is 6.54 Å². The number of likely N-dealkylation sites (tertiary alicyclic amines) is 2. The first-order chi connectivity index (χ1) is 15.0. The molecule has 3 heterocycles. The molecule has 1 aromatic carbocycles. The summed E-state index contributed by atoms with van der Waals surface area (Å²) in [4.78, 5) is 33.7. The molecule has 2 saturated heterocycles.